The van der Waals surface area contributed by atoms with Gasteiger partial charge in [-0.25, -0.2) is 0 Å². The van der Waals surface area contributed by atoms with Gasteiger partial charge in [0.1, 0.15) is 0 Å². The maximum atomic E-state index is 5.92. The molecule has 1 atom stereocenters. The van der Waals surface area contributed by atoms with Gasteiger partial charge < -0.3 is 15.2 Å². The maximum absolute atomic E-state index is 5.92. The van der Waals surface area contributed by atoms with Crippen molar-refractivity contribution >= 4 is 15.9 Å². The molecule has 0 saturated carbocycles. The fraction of sp³-hybridized carbons (Fsp3) is 0.571. The Bertz CT molecular complexity index is 432. The Morgan fingerprint density at radius 3 is 2.61 bits per heavy atom. The first-order valence-electron chi connectivity index (χ1n) is 6.49. The largest absolute Gasteiger partial charge is 0.489 e. The minimum absolute atomic E-state index is 0.145. The van der Waals surface area contributed by atoms with Gasteiger partial charge in [-0.05, 0) is 47.3 Å². The summed E-state index contributed by atoms with van der Waals surface area (Å²) in [5, 5.41) is 0. The SMILES string of the molecule is CCc1c(CC(C)N)cc(Br)c2c1OCCCO2. The van der Waals surface area contributed by atoms with Crippen LogP contribution in [0.4, 0.5) is 0 Å². The smallest absolute Gasteiger partial charge is 0.175 e. The molecule has 1 aromatic rings. The van der Waals surface area contributed by atoms with Crippen LogP contribution in [0, 0.1) is 0 Å². The van der Waals surface area contributed by atoms with Crippen LogP contribution in [-0.4, -0.2) is 19.3 Å². The summed E-state index contributed by atoms with van der Waals surface area (Å²) in [5.74, 6) is 1.75. The predicted molar refractivity (Wildman–Crippen MR) is 76.5 cm³/mol. The summed E-state index contributed by atoms with van der Waals surface area (Å²) in [6.07, 6.45) is 2.71. The van der Waals surface area contributed by atoms with Gasteiger partial charge in [0.15, 0.2) is 11.5 Å². The van der Waals surface area contributed by atoms with Crippen LogP contribution < -0.4 is 15.2 Å². The zero-order valence-corrected chi connectivity index (χ0v) is 12.5. The first kappa shape index (κ1) is 13.7. The molecule has 0 amide bonds. The molecule has 1 unspecified atom stereocenters. The van der Waals surface area contributed by atoms with E-state index in [1.807, 2.05) is 6.92 Å². The first-order chi connectivity index (χ1) is 8.63. The Balaban J connectivity index is 2.50. The molecule has 0 spiro atoms. The molecule has 2 N–H and O–H groups in total. The summed E-state index contributed by atoms with van der Waals surface area (Å²) < 4.78 is 12.6. The highest BCUT2D eigenvalue weighted by atomic mass is 79.9. The van der Waals surface area contributed by atoms with E-state index in [1.54, 1.807) is 0 Å². The zero-order chi connectivity index (χ0) is 13.1. The van der Waals surface area contributed by atoms with Crippen molar-refractivity contribution in [2.24, 2.45) is 5.73 Å². The van der Waals surface area contributed by atoms with Crippen molar-refractivity contribution in [2.45, 2.75) is 39.2 Å². The van der Waals surface area contributed by atoms with Crippen LogP contribution in [0.5, 0.6) is 11.5 Å². The number of benzene rings is 1. The Morgan fingerprint density at radius 1 is 1.33 bits per heavy atom. The van der Waals surface area contributed by atoms with Crippen LogP contribution in [0.25, 0.3) is 0 Å². The molecule has 18 heavy (non-hydrogen) atoms. The third kappa shape index (κ3) is 2.81. The summed E-state index contributed by atoms with van der Waals surface area (Å²) in [5.41, 5.74) is 8.40. The van der Waals surface area contributed by atoms with Gasteiger partial charge in [-0.15, -0.1) is 0 Å². The molecule has 2 rings (SSSR count). The average Bonchev–Trinajstić information content (AvgIpc) is 2.54. The van der Waals surface area contributed by atoms with Crippen LogP contribution in [0.1, 0.15) is 31.4 Å². The van der Waals surface area contributed by atoms with Crippen molar-refractivity contribution in [1.82, 2.24) is 0 Å². The third-order valence-corrected chi connectivity index (χ3v) is 3.65. The van der Waals surface area contributed by atoms with Crippen LogP contribution in [0.3, 0.4) is 0 Å². The molecule has 100 valence electrons. The van der Waals surface area contributed by atoms with Crippen molar-refractivity contribution in [3.63, 3.8) is 0 Å². The van der Waals surface area contributed by atoms with Crippen molar-refractivity contribution in [3.8, 4) is 11.5 Å². The van der Waals surface area contributed by atoms with Gasteiger partial charge in [-0.3, -0.25) is 0 Å². The second kappa shape index (κ2) is 5.93. The molecule has 1 aromatic carbocycles. The van der Waals surface area contributed by atoms with Gasteiger partial charge in [0, 0.05) is 18.0 Å². The van der Waals surface area contributed by atoms with Crippen molar-refractivity contribution in [2.75, 3.05) is 13.2 Å². The number of rotatable bonds is 3. The predicted octanol–water partition coefficient (Wildman–Crippen LogP) is 3.06. The van der Waals surface area contributed by atoms with Crippen molar-refractivity contribution < 1.29 is 9.47 Å². The van der Waals surface area contributed by atoms with Crippen LogP contribution in [-0.2, 0) is 12.8 Å². The monoisotopic (exact) mass is 313 g/mol. The number of fused-ring (bicyclic) bond motifs is 1. The molecule has 0 radical (unpaired) electrons. The zero-order valence-electron chi connectivity index (χ0n) is 11.0. The maximum Gasteiger partial charge on any atom is 0.175 e. The van der Waals surface area contributed by atoms with E-state index in [0.29, 0.717) is 13.2 Å². The lowest BCUT2D eigenvalue weighted by Crippen LogP contribution is -2.19. The van der Waals surface area contributed by atoms with E-state index in [1.165, 1.54) is 11.1 Å². The lowest BCUT2D eigenvalue weighted by atomic mass is 9.98. The summed E-state index contributed by atoms with van der Waals surface area (Å²) in [7, 11) is 0. The second-order valence-electron chi connectivity index (χ2n) is 4.74. The summed E-state index contributed by atoms with van der Waals surface area (Å²) in [6.45, 7) is 5.59. The molecular formula is C14H20BrNO2. The number of halogens is 1. The first-order valence-corrected chi connectivity index (χ1v) is 7.28. The lowest BCUT2D eigenvalue weighted by molar-refractivity contribution is 0.295. The average molecular weight is 314 g/mol. The number of nitrogens with two attached hydrogens (primary N) is 1. The molecule has 1 heterocycles. The molecule has 3 nitrogen and oxygen atoms in total. The second-order valence-corrected chi connectivity index (χ2v) is 5.59. The van der Waals surface area contributed by atoms with E-state index >= 15 is 0 Å². The molecule has 0 saturated heterocycles. The summed E-state index contributed by atoms with van der Waals surface area (Å²) in [4.78, 5) is 0. The van der Waals surface area contributed by atoms with E-state index in [4.69, 9.17) is 15.2 Å². The molecule has 0 fully saturated rings. The van der Waals surface area contributed by atoms with Gasteiger partial charge >= 0.3 is 0 Å². The van der Waals surface area contributed by atoms with Crippen molar-refractivity contribution in [3.05, 3.63) is 21.7 Å². The van der Waals surface area contributed by atoms with Gasteiger partial charge in [-0.1, -0.05) is 6.92 Å². The molecule has 0 bridgehead atoms. The Morgan fingerprint density at radius 2 is 2.00 bits per heavy atom. The number of hydrogen-bond donors (Lipinski definition) is 1. The quantitative estimate of drug-likeness (QED) is 0.932. The van der Waals surface area contributed by atoms with E-state index < -0.39 is 0 Å². The number of hydrogen-bond acceptors (Lipinski definition) is 3. The lowest BCUT2D eigenvalue weighted by Gasteiger charge is -2.18. The third-order valence-electron chi connectivity index (χ3n) is 3.06. The molecule has 4 heteroatoms. The topological polar surface area (TPSA) is 44.5 Å². The van der Waals surface area contributed by atoms with Gasteiger partial charge in [0.2, 0.25) is 0 Å². The van der Waals surface area contributed by atoms with Crippen LogP contribution in [0.15, 0.2) is 10.5 Å². The van der Waals surface area contributed by atoms with Gasteiger partial charge in [-0.2, -0.15) is 0 Å². The van der Waals surface area contributed by atoms with Crippen LogP contribution in [0.2, 0.25) is 0 Å². The summed E-state index contributed by atoms with van der Waals surface area (Å²) in [6, 6.07) is 2.27. The highest BCUT2D eigenvalue weighted by Gasteiger charge is 2.21. The minimum Gasteiger partial charge on any atom is -0.489 e. The molecule has 0 aromatic heterocycles. The Kier molecular flexibility index (Phi) is 4.51. The standard InChI is InChI=1S/C14H20BrNO2/c1-3-11-10(7-9(2)16)8-12(15)14-13(11)17-5-4-6-18-14/h8-9H,3-7,16H2,1-2H3. The normalized spacial score (nSPS) is 16.2. The molecule has 0 aliphatic carbocycles. The van der Waals surface area contributed by atoms with E-state index in [0.717, 1.165) is 35.2 Å². The molecular weight excluding hydrogens is 294 g/mol. The molecule has 1 aliphatic heterocycles. The fourth-order valence-electron chi connectivity index (χ4n) is 2.31. The van der Waals surface area contributed by atoms with Crippen LogP contribution >= 0.6 is 15.9 Å². The van der Waals surface area contributed by atoms with Gasteiger partial charge in [0.25, 0.3) is 0 Å². The number of ether oxygens (including phenoxy) is 2. The Hall–Kier alpha value is -0.740. The Labute approximate surface area is 117 Å². The summed E-state index contributed by atoms with van der Waals surface area (Å²) >= 11 is 3.58. The molecule has 1 aliphatic rings. The van der Waals surface area contributed by atoms with Gasteiger partial charge in [0.05, 0.1) is 17.7 Å². The van der Waals surface area contributed by atoms with E-state index in [9.17, 15) is 0 Å². The highest BCUT2D eigenvalue weighted by molar-refractivity contribution is 9.10. The fourth-order valence-corrected chi connectivity index (χ4v) is 2.88. The van der Waals surface area contributed by atoms with E-state index in [2.05, 4.69) is 28.9 Å². The minimum atomic E-state index is 0.145. The van der Waals surface area contributed by atoms with E-state index in [-0.39, 0.29) is 6.04 Å². The highest BCUT2D eigenvalue weighted by Crippen LogP contribution is 2.42. The van der Waals surface area contributed by atoms with Crippen molar-refractivity contribution in [1.29, 1.82) is 0 Å².